The molecule has 0 spiro atoms. The lowest BCUT2D eigenvalue weighted by atomic mass is 10.1. The van der Waals surface area contributed by atoms with Gasteiger partial charge in [-0.3, -0.25) is 19.5 Å². The number of hydrogen-bond donors (Lipinski definition) is 2. The molecule has 1 amide bonds. The molecule has 3 aliphatic rings. The van der Waals surface area contributed by atoms with Crippen LogP contribution in [0.25, 0.3) is 11.0 Å². The molecule has 0 bridgehead atoms. The van der Waals surface area contributed by atoms with Crippen molar-refractivity contribution in [3.8, 4) is 0 Å². The Morgan fingerprint density at radius 3 is 2.69 bits per heavy atom. The Morgan fingerprint density at radius 1 is 1.14 bits per heavy atom. The van der Waals surface area contributed by atoms with Gasteiger partial charge in [0, 0.05) is 56.7 Å². The smallest absolute Gasteiger partial charge is 0.252 e. The number of aromatic nitrogens is 2. The summed E-state index contributed by atoms with van der Waals surface area (Å²) in [6.07, 6.45) is 4.83. The van der Waals surface area contributed by atoms with E-state index in [9.17, 15) is 14.0 Å². The predicted octanol–water partition coefficient (Wildman–Crippen LogP) is 2.78. The Balaban J connectivity index is 1.07. The molecule has 188 valence electrons. The zero-order chi connectivity index (χ0) is 24.6. The second kappa shape index (κ2) is 9.63. The van der Waals surface area contributed by atoms with E-state index in [0.717, 1.165) is 61.1 Å². The number of ether oxygens (including phenoxy) is 1. The van der Waals surface area contributed by atoms with Gasteiger partial charge in [-0.05, 0) is 61.1 Å². The largest absolute Gasteiger partial charge is 0.379 e. The van der Waals surface area contributed by atoms with Crippen molar-refractivity contribution in [1.82, 2.24) is 20.2 Å². The highest BCUT2D eigenvalue weighted by atomic mass is 19.1. The predicted molar refractivity (Wildman–Crippen MR) is 135 cm³/mol. The number of nitrogens with one attached hydrogen (secondary N) is 2. The Morgan fingerprint density at radius 2 is 1.97 bits per heavy atom. The third kappa shape index (κ3) is 4.85. The van der Waals surface area contributed by atoms with Gasteiger partial charge < -0.3 is 19.9 Å². The minimum Gasteiger partial charge on any atom is -0.379 e. The molecule has 4 heterocycles. The fourth-order valence-corrected chi connectivity index (χ4v) is 5.15. The van der Waals surface area contributed by atoms with Crippen molar-refractivity contribution < 1.29 is 13.9 Å². The molecular weight excluding hydrogens is 461 g/mol. The van der Waals surface area contributed by atoms with Crippen molar-refractivity contribution in [3.63, 3.8) is 0 Å². The van der Waals surface area contributed by atoms with Gasteiger partial charge in [0.15, 0.2) is 0 Å². The van der Waals surface area contributed by atoms with E-state index in [2.05, 4.69) is 20.2 Å². The van der Waals surface area contributed by atoms with E-state index in [0.29, 0.717) is 43.5 Å². The van der Waals surface area contributed by atoms with Crippen LogP contribution in [-0.4, -0.2) is 66.2 Å². The number of carbonyl (C=O) groups excluding carboxylic acids is 1. The van der Waals surface area contributed by atoms with E-state index >= 15 is 0 Å². The highest BCUT2D eigenvalue weighted by Crippen LogP contribution is 2.38. The Bertz CT molecular complexity index is 1340. The molecule has 3 aromatic rings. The Hall–Kier alpha value is -3.30. The van der Waals surface area contributed by atoms with Crippen LogP contribution in [0.4, 0.5) is 10.1 Å². The van der Waals surface area contributed by atoms with Gasteiger partial charge in [-0.15, -0.1) is 0 Å². The topological polar surface area (TPSA) is 90.6 Å². The van der Waals surface area contributed by atoms with Crippen molar-refractivity contribution in [2.75, 3.05) is 44.3 Å². The number of fused-ring (bicyclic) bond motifs is 1. The van der Waals surface area contributed by atoms with Gasteiger partial charge in [0.1, 0.15) is 5.82 Å². The molecular formula is C27H30FN5O3. The van der Waals surface area contributed by atoms with Gasteiger partial charge in [0.25, 0.3) is 11.5 Å². The number of rotatable bonds is 6. The van der Waals surface area contributed by atoms with Crippen LogP contribution in [0.3, 0.4) is 0 Å². The third-order valence-electron chi connectivity index (χ3n) is 7.39. The van der Waals surface area contributed by atoms with Crippen LogP contribution in [0.15, 0.2) is 41.3 Å². The molecule has 0 unspecified atom stereocenters. The molecule has 3 fully saturated rings. The van der Waals surface area contributed by atoms with Crippen molar-refractivity contribution in [1.29, 1.82) is 0 Å². The fraction of sp³-hybridized carbons (Fsp3) is 0.444. The number of nitrogens with zero attached hydrogens (tertiary/aromatic N) is 3. The molecule has 36 heavy (non-hydrogen) atoms. The zero-order valence-corrected chi connectivity index (χ0v) is 20.1. The van der Waals surface area contributed by atoms with E-state index in [1.54, 1.807) is 12.1 Å². The van der Waals surface area contributed by atoms with Crippen molar-refractivity contribution in [2.24, 2.45) is 0 Å². The Kier molecular flexibility index (Phi) is 6.18. The summed E-state index contributed by atoms with van der Waals surface area (Å²) in [5.74, 6) is -0.261. The highest BCUT2D eigenvalue weighted by molar-refractivity contribution is 5.94. The first kappa shape index (κ1) is 23.1. The monoisotopic (exact) mass is 491 g/mol. The van der Waals surface area contributed by atoms with Crippen LogP contribution in [-0.2, 0) is 11.3 Å². The number of aromatic amines is 1. The summed E-state index contributed by atoms with van der Waals surface area (Å²) in [7, 11) is 0. The molecule has 2 aromatic heterocycles. The Labute approximate surface area is 208 Å². The lowest BCUT2D eigenvalue weighted by Crippen LogP contribution is -2.46. The molecule has 6 rings (SSSR count). The number of amides is 1. The van der Waals surface area contributed by atoms with E-state index in [1.165, 1.54) is 6.07 Å². The molecule has 1 saturated carbocycles. The van der Waals surface area contributed by atoms with E-state index in [1.807, 2.05) is 23.2 Å². The maximum absolute atomic E-state index is 14.9. The number of carbonyl (C=O) groups is 1. The molecule has 0 radical (unpaired) electrons. The first-order chi connectivity index (χ1) is 17.5. The maximum Gasteiger partial charge on any atom is 0.252 e. The van der Waals surface area contributed by atoms with Gasteiger partial charge in [0.05, 0.1) is 29.4 Å². The lowest BCUT2D eigenvalue weighted by molar-refractivity contribution is 0.0929. The molecule has 1 atom stereocenters. The number of pyridine rings is 2. The summed E-state index contributed by atoms with van der Waals surface area (Å²) in [5.41, 5.74) is 4.33. The van der Waals surface area contributed by atoms with Gasteiger partial charge in [-0.1, -0.05) is 0 Å². The van der Waals surface area contributed by atoms with Crippen LogP contribution in [0.5, 0.6) is 0 Å². The molecule has 1 aliphatic carbocycles. The van der Waals surface area contributed by atoms with Crippen LogP contribution in [0, 0.1) is 5.82 Å². The fourth-order valence-electron chi connectivity index (χ4n) is 5.15. The highest BCUT2D eigenvalue weighted by Gasteiger charge is 2.27. The third-order valence-corrected chi connectivity index (χ3v) is 7.39. The number of H-pyrrole nitrogens is 1. The molecule has 2 aliphatic heterocycles. The quantitative estimate of drug-likeness (QED) is 0.551. The van der Waals surface area contributed by atoms with E-state index in [4.69, 9.17) is 4.74 Å². The summed E-state index contributed by atoms with van der Waals surface area (Å²) in [6.45, 7) is 4.79. The molecule has 2 N–H and O–H groups in total. The lowest BCUT2D eigenvalue weighted by Gasteiger charge is -2.36. The van der Waals surface area contributed by atoms with Crippen LogP contribution in [0.2, 0.25) is 0 Å². The van der Waals surface area contributed by atoms with Crippen molar-refractivity contribution >= 4 is 22.6 Å². The first-order valence-corrected chi connectivity index (χ1v) is 12.7. The number of anilines is 1. The van der Waals surface area contributed by atoms with E-state index in [-0.39, 0.29) is 23.3 Å². The van der Waals surface area contributed by atoms with Crippen LogP contribution in [0.1, 0.15) is 46.7 Å². The normalized spacial score (nSPS) is 20.7. The van der Waals surface area contributed by atoms with Crippen LogP contribution < -0.4 is 15.8 Å². The molecule has 9 heteroatoms. The van der Waals surface area contributed by atoms with Gasteiger partial charge in [-0.25, -0.2) is 4.39 Å². The molecule has 8 nitrogen and oxygen atoms in total. The number of halogens is 1. The average molecular weight is 492 g/mol. The summed E-state index contributed by atoms with van der Waals surface area (Å²) in [6, 6.07) is 8.64. The number of benzene rings is 1. The van der Waals surface area contributed by atoms with Crippen molar-refractivity contribution in [2.45, 2.75) is 37.8 Å². The summed E-state index contributed by atoms with van der Waals surface area (Å²) >= 11 is 0. The van der Waals surface area contributed by atoms with Gasteiger partial charge in [0.2, 0.25) is 0 Å². The minimum absolute atomic E-state index is 0.00403. The summed E-state index contributed by atoms with van der Waals surface area (Å²) in [5, 5.41) is 2.90. The SMILES string of the molecule is O=C(N[C@@H]1CCOC1)c1ccc(N2CCN(Cc3cnc4cc(C5CC5)c(=O)[nH]c4c3)CC2)c(F)c1. The zero-order valence-electron chi connectivity index (χ0n) is 20.1. The minimum atomic E-state index is -0.382. The van der Waals surface area contributed by atoms with Crippen LogP contribution >= 0.6 is 0 Å². The maximum atomic E-state index is 14.9. The standard InChI is InChI=1S/C27H30FN5O3/c28-22-12-19(26(34)30-20-5-10-36-16-20)3-4-25(22)33-8-6-32(7-9-33)15-17-11-24-23(29-14-17)13-21(18-1-2-18)27(35)31-24/h3-4,11-14,18,20H,1-2,5-10,15-16H2,(H,30,34)(H,31,35)/t20-/m1/s1. The molecule has 2 saturated heterocycles. The first-order valence-electron chi connectivity index (χ1n) is 12.7. The summed E-state index contributed by atoms with van der Waals surface area (Å²) in [4.78, 5) is 36.7. The van der Waals surface area contributed by atoms with Crippen molar-refractivity contribution in [3.05, 3.63) is 69.4 Å². The van der Waals surface area contributed by atoms with Gasteiger partial charge >= 0.3 is 0 Å². The van der Waals surface area contributed by atoms with Gasteiger partial charge in [-0.2, -0.15) is 0 Å². The summed E-state index contributed by atoms with van der Waals surface area (Å²) < 4.78 is 20.2. The second-order valence-corrected chi connectivity index (χ2v) is 10.1. The number of hydrogen-bond acceptors (Lipinski definition) is 6. The number of piperazine rings is 1. The molecule has 1 aromatic carbocycles. The van der Waals surface area contributed by atoms with E-state index < -0.39 is 0 Å². The average Bonchev–Trinajstić information content (AvgIpc) is 3.59. The second-order valence-electron chi connectivity index (χ2n) is 10.1.